The smallest absolute Gasteiger partial charge is 0.228 e. The zero-order chi connectivity index (χ0) is 10.8. The van der Waals surface area contributed by atoms with Crippen LogP contribution in [0.2, 0.25) is 0 Å². The van der Waals surface area contributed by atoms with Gasteiger partial charge < -0.3 is 0 Å². The van der Waals surface area contributed by atoms with Gasteiger partial charge in [0.15, 0.2) is 0 Å². The van der Waals surface area contributed by atoms with E-state index in [2.05, 4.69) is 40.2 Å². The summed E-state index contributed by atoms with van der Waals surface area (Å²) in [5, 5.41) is 0. The predicted molar refractivity (Wildman–Crippen MR) is 71.3 cm³/mol. The van der Waals surface area contributed by atoms with E-state index in [4.69, 9.17) is 0 Å². The third-order valence-corrected chi connectivity index (χ3v) is 3.61. The van der Waals surface area contributed by atoms with Gasteiger partial charge in [-0.25, -0.2) is 4.98 Å². The summed E-state index contributed by atoms with van der Waals surface area (Å²) in [5.74, 6) is 2.03. The quantitative estimate of drug-likeness (QED) is 0.663. The van der Waals surface area contributed by atoms with Crippen molar-refractivity contribution in [3.8, 4) is 0 Å². The Bertz CT molecular complexity index is 368. The standard InChI is InChI=1S/C10H11IN2OS/c11-8-1-2-9(12-4-8)13-5-7(6-15)3-10(13)14/h1-2,4,7,15H,3,5-6H2. The number of amides is 1. The van der Waals surface area contributed by atoms with E-state index >= 15 is 0 Å². The molecule has 0 aliphatic carbocycles. The normalized spacial score (nSPS) is 21.1. The Morgan fingerprint density at radius 1 is 1.60 bits per heavy atom. The van der Waals surface area contributed by atoms with E-state index in [0.717, 1.165) is 21.7 Å². The first-order valence-corrected chi connectivity index (χ1v) is 6.44. The molecule has 80 valence electrons. The molecule has 0 N–H and O–H groups in total. The van der Waals surface area contributed by atoms with Crippen LogP contribution in [0.25, 0.3) is 0 Å². The van der Waals surface area contributed by atoms with Gasteiger partial charge in [0.2, 0.25) is 5.91 Å². The van der Waals surface area contributed by atoms with Crippen LogP contribution < -0.4 is 4.90 Å². The lowest BCUT2D eigenvalue weighted by Crippen LogP contribution is -2.25. The lowest BCUT2D eigenvalue weighted by atomic mass is 10.1. The van der Waals surface area contributed by atoms with Crippen molar-refractivity contribution in [2.45, 2.75) is 6.42 Å². The fraction of sp³-hybridized carbons (Fsp3) is 0.400. The van der Waals surface area contributed by atoms with Gasteiger partial charge in [-0.1, -0.05) is 0 Å². The number of pyridine rings is 1. The van der Waals surface area contributed by atoms with Crippen LogP contribution in [0.3, 0.4) is 0 Å². The maximum absolute atomic E-state index is 11.7. The molecule has 1 aromatic rings. The molecule has 1 unspecified atom stereocenters. The van der Waals surface area contributed by atoms with Gasteiger partial charge in [0.05, 0.1) is 0 Å². The first kappa shape index (κ1) is 11.2. The predicted octanol–water partition coefficient (Wildman–Crippen LogP) is 1.97. The van der Waals surface area contributed by atoms with E-state index in [1.165, 1.54) is 0 Å². The average molecular weight is 334 g/mol. The molecule has 1 amide bonds. The SMILES string of the molecule is O=C1CC(CS)CN1c1ccc(I)cn1. The minimum atomic E-state index is 0.155. The number of hydrogen-bond donors (Lipinski definition) is 1. The van der Waals surface area contributed by atoms with Gasteiger partial charge in [0.25, 0.3) is 0 Å². The van der Waals surface area contributed by atoms with Crippen molar-refractivity contribution in [1.29, 1.82) is 0 Å². The van der Waals surface area contributed by atoms with Gasteiger partial charge in [-0.05, 0) is 46.4 Å². The molecule has 1 fully saturated rings. The lowest BCUT2D eigenvalue weighted by molar-refractivity contribution is -0.117. The molecule has 0 spiro atoms. The van der Waals surface area contributed by atoms with Crippen LogP contribution in [0.1, 0.15) is 6.42 Å². The molecule has 0 radical (unpaired) electrons. The van der Waals surface area contributed by atoms with Crippen LogP contribution in [-0.4, -0.2) is 23.2 Å². The van der Waals surface area contributed by atoms with Crippen molar-refractivity contribution in [2.75, 3.05) is 17.2 Å². The van der Waals surface area contributed by atoms with Crippen molar-refractivity contribution in [2.24, 2.45) is 5.92 Å². The minimum Gasteiger partial charge on any atom is -0.297 e. The molecule has 1 aliphatic rings. The third kappa shape index (κ3) is 2.44. The Labute approximate surface area is 108 Å². The molecule has 1 aromatic heterocycles. The second kappa shape index (κ2) is 4.69. The second-order valence-electron chi connectivity index (χ2n) is 3.59. The van der Waals surface area contributed by atoms with E-state index in [9.17, 15) is 4.79 Å². The van der Waals surface area contributed by atoms with Crippen molar-refractivity contribution in [1.82, 2.24) is 4.98 Å². The monoisotopic (exact) mass is 334 g/mol. The largest absolute Gasteiger partial charge is 0.297 e. The number of carbonyl (C=O) groups is 1. The molecular formula is C10H11IN2OS. The highest BCUT2D eigenvalue weighted by Crippen LogP contribution is 2.24. The lowest BCUT2D eigenvalue weighted by Gasteiger charge is -2.14. The molecule has 1 aliphatic heterocycles. The van der Waals surface area contributed by atoms with E-state index in [0.29, 0.717) is 12.3 Å². The molecule has 0 saturated carbocycles. The van der Waals surface area contributed by atoms with Crippen LogP contribution in [0.5, 0.6) is 0 Å². The van der Waals surface area contributed by atoms with Gasteiger partial charge in [-0.15, -0.1) is 0 Å². The molecule has 2 rings (SSSR count). The Morgan fingerprint density at radius 2 is 2.40 bits per heavy atom. The van der Waals surface area contributed by atoms with Crippen molar-refractivity contribution in [3.63, 3.8) is 0 Å². The summed E-state index contributed by atoms with van der Waals surface area (Å²) < 4.78 is 1.08. The second-order valence-corrected chi connectivity index (χ2v) is 5.20. The van der Waals surface area contributed by atoms with Crippen molar-refractivity contribution < 1.29 is 4.79 Å². The zero-order valence-corrected chi connectivity index (χ0v) is 11.1. The van der Waals surface area contributed by atoms with Crippen LogP contribution >= 0.6 is 35.2 Å². The van der Waals surface area contributed by atoms with Crippen molar-refractivity contribution >= 4 is 46.9 Å². The summed E-state index contributed by atoms with van der Waals surface area (Å²) in [6.07, 6.45) is 2.37. The van der Waals surface area contributed by atoms with E-state index in [1.54, 1.807) is 11.1 Å². The molecule has 0 bridgehead atoms. The zero-order valence-electron chi connectivity index (χ0n) is 8.06. The Kier molecular flexibility index (Phi) is 3.50. The van der Waals surface area contributed by atoms with Crippen molar-refractivity contribution in [3.05, 3.63) is 21.9 Å². The highest BCUT2D eigenvalue weighted by atomic mass is 127. The average Bonchev–Trinajstić information content (AvgIpc) is 2.61. The molecule has 1 saturated heterocycles. The molecule has 5 heteroatoms. The maximum Gasteiger partial charge on any atom is 0.228 e. The van der Waals surface area contributed by atoms with Gasteiger partial charge in [0, 0.05) is 22.7 Å². The summed E-state index contributed by atoms with van der Waals surface area (Å²) in [5.41, 5.74) is 0. The van der Waals surface area contributed by atoms with Crippen LogP contribution in [0.15, 0.2) is 18.3 Å². The number of aromatic nitrogens is 1. The molecule has 3 nitrogen and oxygen atoms in total. The Hall–Kier alpha value is -0.300. The molecule has 2 heterocycles. The maximum atomic E-state index is 11.7. The highest BCUT2D eigenvalue weighted by Gasteiger charge is 2.30. The topological polar surface area (TPSA) is 33.2 Å². The molecular weight excluding hydrogens is 323 g/mol. The third-order valence-electron chi connectivity index (χ3n) is 2.45. The number of anilines is 1. The first-order valence-electron chi connectivity index (χ1n) is 4.73. The number of hydrogen-bond acceptors (Lipinski definition) is 3. The van der Waals surface area contributed by atoms with Crippen LogP contribution in [0.4, 0.5) is 5.82 Å². The highest BCUT2D eigenvalue weighted by molar-refractivity contribution is 14.1. The minimum absolute atomic E-state index is 0.155. The Morgan fingerprint density at radius 3 is 2.93 bits per heavy atom. The van der Waals surface area contributed by atoms with E-state index in [-0.39, 0.29) is 5.91 Å². The first-order chi connectivity index (χ1) is 7.20. The number of rotatable bonds is 2. The summed E-state index contributed by atoms with van der Waals surface area (Å²) in [4.78, 5) is 17.7. The number of halogens is 1. The molecule has 1 atom stereocenters. The van der Waals surface area contributed by atoms with Gasteiger partial charge in [-0.3, -0.25) is 9.69 Å². The molecule has 0 aromatic carbocycles. The summed E-state index contributed by atoms with van der Waals surface area (Å²) in [7, 11) is 0. The van der Waals surface area contributed by atoms with Crippen LogP contribution in [-0.2, 0) is 4.79 Å². The number of nitrogens with zero attached hydrogens (tertiary/aromatic N) is 2. The fourth-order valence-electron chi connectivity index (χ4n) is 1.65. The van der Waals surface area contributed by atoms with E-state index < -0.39 is 0 Å². The Balaban J connectivity index is 2.18. The van der Waals surface area contributed by atoms with Gasteiger partial charge in [0.1, 0.15) is 5.82 Å². The van der Waals surface area contributed by atoms with Gasteiger partial charge in [-0.2, -0.15) is 12.6 Å². The molecule has 15 heavy (non-hydrogen) atoms. The summed E-state index contributed by atoms with van der Waals surface area (Å²) >= 11 is 6.42. The summed E-state index contributed by atoms with van der Waals surface area (Å²) in [6, 6.07) is 3.85. The summed E-state index contributed by atoms with van der Waals surface area (Å²) in [6.45, 7) is 0.746. The van der Waals surface area contributed by atoms with Gasteiger partial charge >= 0.3 is 0 Å². The fourth-order valence-corrected chi connectivity index (χ4v) is 2.22. The van der Waals surface area contributed by atoms with Crippen LogP contribution in [0, 0.1) is 9.49 Å². The van der Waals surface area contributed by atoms with E-state index in [1.807, 2.05) is 12.1 Å². The number of carbonyl (C=O) groups excluding carboxylic acids is 1. The number of thiol groups is 1.